The molecule has 0 atom stereocenters. The van der Waals surface area contributed by atoms with Crippen LogP contribution in [-0.4, -0.2) is 29.1 Å². The number of hydrogen-bond donors (Lipinski definition) is 1. The smallest absolute Gasteiger partial charge is 0.328 e. The lowest BCUT2D eigenvalue weighted by Crippen LogP contribution is -2.30. The van der Waals surface area contributed by atoms with Crippen molar-refractivity contribution >= 4 is 17.9 Å². The number of anilines is 1. The van der Waals surface area contributed by atoms with Crippen molar-refractivity contribution in [1.29, 1.82) is 0 Å². The third-order valence-corrected chi connectivity index (χ3v) is 3.43. The van der Waals surface area contributed by atoms with E-state index in [1.165, 1.54) is 25.7 Å². The molecule has 1 saturated carbocycles. The zero-order valence-electron chi connectivity index (χ0n) is 10.5. The van der Waals surface area contributed by atoms with E-state index >= 15 is 0 Å². The molecule has 0 bridgehead atoms. The second-order valence-electron chi connectivity index (χ2n) is 4.64. The van der Waals surface area contributed by atoms with Crippen LogP contribution in [0.4, 0.5) is 5.82 Å². The molecule has 4 nitrogen and oxygen atoms in total. The van der Waals surface area contributed by atoms with Gasteiger partial charge >= 0.3 is 5.97 Å². The summed E-state index contributed by atoms with van der Waals surface area (Å²) in [5.74, 6) is -0.0739. The minimum Gasteiger partial charge on any atom is -0.478 e. The monoisotopic (exact) mass is 246 g/mol. The molecule has 2 rings (SSSR count). The summed E-state index contributed by atoms with van der Waals surface area (Å²) < 4.78 is 0. The molecule has 96 valence electrons. The van der Waals surface area contributed by atoms with Crippen LogP contribution in [0.1, 0.15) is 31.2 Å². The Bertz CT molecular complexity index is 451. The van der Waals surface area contributed by atoms with Gasteiger partial charge in [0.25, 0.3) is 0 Å². The van der Waals surface area contributed by atoms with Crippen molar-refractivity contribution in [2.45, 2.75) is 31.7 Å². The lowest BCUT2D eigenvalue weighted by atomic mass is 10.1. The van der Waals surface area contributed by atoms with Crippen molar-refractivity contribution in [3.05, 3.63) is 30.0 Å². The van der Waals surface area contributed by atoms with Gasteiger partial charge in [0, 0.05) is 30.9 Å². The maximum Gasteiger partial charge on any atom is 0.328 e. The van der Waals surface area contributed by atoms with Crippen LogP contribution in [-0.2, 0) is 4.79 Å². The predicted octanol–water partition coefficient (Wildman–Crippen LogP) is 2.56. The summed E-state index contributed by atoms with van der Waals surface area (Å²) in [4.78, 5) is 17.1. The Morgan fingerprint density at radius 2 is 2.22 bits per heavy atom. The van der Waals surface area contributed by atoms with Crippen LogP contribution in [0.5, 0.6) is 0 Å². The average molecular weight is 246 g/mol. The highest BCUT2D eigenvalue weighted by Crippen LogP contribution is 2.28. The molecule has 0 saturated heterocycles. The topological polar surface area (TPSA) is 53.4 Å². The quantitative estimate of drug-likeness (QED) is 0.829. The van der Waals surface area contributed by atoms with Crippen molar-refractivity contribution in [1.82, 2.24) is 4.98 Å². The number of hydrogen-bond acceptors (Lipinski definition) is 3. The zero-order valence-corrected chi connectivity index (χ0v) is 10.5. The number of rotatable bonds is 4. The minimum atomic E-state index is -0.937. The summed E-state index contributed by atoms with van der Waals surface area (Å²) in [6.07, 6.45) is 9.42. The maximum atomic E-state index is 10.6. The van der Waals surface area contributed by atoms with Gasteiger partial charge in [-0.2, -0.15) is 0 Å². The minimum absolute atomic E-state index is 0.525. The van der Waals surface area contributed by atoms with Gasteiger partial charge in [-0.15, -0.1) is 0 Å². The molecular formula is C14H18N2O2. The van der Waals surface area contributed by atoms with Crippen LogP contribution in [0, 0.1) is 0 Å². The van der Waals surface area contributed by atoms with Crippen LogP contribution in [0.3, 0.4) is 0 Å². The first kappa shape index (κ1) is 12.6. The Labute approximate surface area is 107 Å². The summed E-state index contributed by atoms with van der Waals surface area (Å²) in [7, 11) is 2.04. The Kier molecular flexibility index (Phi) is 3.97. The van der Waals surface area contributed by atoms with Crippen LogP contribution < -0.4 is 4.90 Å². The highest BCUT2D eigenvalue weighted by molar-refractivity contribution is 5.86. The highest BCUT2D eigenvalue weighted by Gasteiger charge is 2.21. The molecule has 0 radical (unpaired) electrons. The van der Waals surface area contributed by atoms with E-state index in [1.807, 2.05) is 19.2 Å². The average Bonchev–Trinajstić information content (AvgIpc) is 2.89. The zero-order chi connectivity index (χ0) is 13.0. The first-order valence-corrected chi connectivity index (χ1v) is 6.27. The largest absolute Gasteiger partial charge is 0.478 e. The van der Waals surface area contributed by atoms with Gasteiger partial charge in [0.05, 0.1) is 0 Å². The molecule has 0 amide bonds. The van der Waals surface area contributed by atoms with E-state index in [4.69, 9.17) is 5.11 Å². The van der Waals surface area contributed by atoms with Crippen LogP contribution in [0.25, 0.3) is 6.08 Å². The second kappa shape index (κ2) is 5.67. The van der Waals surface area contributed by atoms with Crippen molar-refractivity contribution in [2.24, 2.45) is 0 Å². The fourth-order valence-electron chi connectivity index (χ4n) is 2.46. The van der Waals surface area contributed by atoms with Gasteiger partial charge < -0.3 is 10.0 Å². The number of carbonyl (C=O) groups is 1. The first-order valence-electron chi connectivity index (χ1n) is 6.27. The summed E-state index contributed by atoms with van der Waals surface area (Å²) in [5, 5.41) is 8.69. The SMILES string of the molecule is CN(c1ncccc1/C=C/C(=O)O)C1CCCC1. The Balaban J connectivity index is 2.23. The predicted molar refractivity (Wildman–Crippen MR) is 71.6 cm³/mol. The molecule has 1 fully saturated rings. The molecule has 4 heteroatoms. The molecule has 0 unspecified atom stereocenters. The maximum absolute atomic E-state index is 10.6. The van der Waals surface area contributed by atoms with Crippen molar-refractivity contribution in [3.63, 3.8) is 0 Å². The highest BCUT2D eigenvalue weighted by atomic mass is 16.4. The van der Waals surface area contributed by atoms with E-state index in [2.05, 4.69) is 9.88 Å². The van der Waals surface area contributed by atoms with Crippen molar-refractivity contribution < 1.29 is 9.90 Å². The third-order valence-electron chi connectivity index (χ3n) is 3.43. The number of aliphatic carboxylic acids is 1. The Morgan fingerprint density at radius 1 is 1.50 bits per heavy atom. The van der Waals surface area contributed by atoms with Gasteiger partial charge in [0.2, 0.25) is 0 Å². The second-order valence-corrected chi connectivity index (χ2v) is 4.64. The van der Waals surface area contributed by atoms with E-state index in [9.17, 15) is 4.79 Å². The van der Waals surface area contributed by atoms with Gasteiger partial charge in [-0.1, -0.05) is 12.8 Å². The van der Waals surface area contributed by atoms with Gasteiger partial charge in [0.1, 0.15) is 5.82 Å². The summed E-state index contributed by atoms with van der Waals surface area (Å²) in [6.45, 7) is 0. The van der Waals surface area contributed by atoms with E-state index in [1.54, 1.807) is 12.3 Å². The standard InChI is InChI=1S/C14H18N2O2/c1-16(12-6-2-3-7-12)14-11(5-4-10-15-14)8-9-13(17)18/h4-5,8-10,12H,2-3,6-7H2,1H3,(H,17,18)/b9-8+. The molecule has 1 aliphatic carbocycles. The molecule has 1 aromatic heterocycles. The Morgan fingerprint density at radius 3 is 2.89 bits per heavy atom. The van der Waals surface area contributed by atoms with Gasteiger partial charge in [-0.05, 0) is 31.1 Å². The molecule has 0 aliphatic heterocycles. The third kappa shape index (κ3) is 2.88. The summed E-state index contributed by atoms with van der Waals surface area (Å²) >= 11 is 0. The molecule has 18 heavy (non-hydrogen) atoms. The Hall–Kier alpha value is -1.84. The fourth-order valence-corrected chi connectivity index (χ4v) is 2.46. The number of nitrogens with zero attached hydrogens (tertiary/aromatic N) is 2. The number of pyridine rings is 1. The molecule has 1 aromatic rings. The number of carboxylic acids is 1. The lowest BCUT2D eigenvalue weighted by Gasteiger charge is -2.26. The van der Waals surface area contributed by atoms with E-state index in [0.717, 1.165) is 17.5 Å². The van der Waals surface area contributed by atoms with E-state index in [0.29, 0.717) is 6.04 Å². The molecule has 1 aliphatic rings. The summed E-state index contributed by atoms with van der Waals surface area (Å²) in [5.41, 5.74) is 0.856. The molecule has 0 spiro atoms. The fraction of sp³-hybridized carbons (Fsp3) is 0.429. The number of aromatic nitrogens is 1. The van der Waals surface area contributed by atoms with E-state index in [-0.39, 0.29) is 0 Å². The van der Waals surface area contributed by atoms with E-state index < -0.39 is 5.97 Å². The molecule has 1 N–H and O–H groups in total. The first-order chi connectivity index (χ1) is 8.68. The molecule has 1 heterocycles. The van der Waals surface area contributed by atoms with Gasteiger partial charge in [0.15, 0.2) is 0 Å². The lowest BCUT2D eigenvalue weighted by molar-refractivity contribution is -0.131. The number of carboxylic acid groups (broad SMARTS) is 1. The summed E-state index contributed by atoms with van der Waals surface area (Å²) in [6, 6.07) is 4.25. The van der Waals surface area contributed by atoms with Gasteiger partial charge in [-0.3, -0.25) is 0 Å². The normalized spacial score (nSPS) is 16.3. The van der Waals surface area contributed by atoms with Crippen LogP contribution in [0.2, 0.25) is 0 Å². The van der Waals surface area contributed by atoms with Gasteiger partial charge in [-0.25, -0.2) is 9.78 Å². The van der Waals surface area contributed by atoms with Crippen molar-refractivity contribution in [2.75, 3.05) is 11.9 Å². The van der Waals surface area contributed by atoms with Crippen LogP contribution >= 0.6 is 0 Å². The molecule has 0 aromatic carbocycles. The van der Waals surface area contributed by atoms with Crippen LogP contribution in [0.15, 0.2) is 24.4 Å². The van der Waals surface area contributed by atoms with Crippen molar-refractivity contribution in [3.8, 4) is 0 Å². The molecular weight excluding hydrogens is 228 g/mol.